The number of hydrogen-bond donors (Lipinski definition) is 1. The summed E-state index contributed by atoms with van der Waals surface area (Å²) in [5, 5.41) is 3.39. The molecule has 0 aliphatic rings. The Morgan fingerprint density at radius 3 is 2.78 bits per heavy atom. The smallest absolute Gasteiger partial charge is 0.252 e. The van der Waals surface area contributed by atoms with E-state index in [1.807, 2.05) is 0 Å². The summed E-state index contributed by atoms with van der Waals surface area (Å²) < 4.78 is 5.18. The molecule has 0 aromatic heterocycles. The third kappa shape index (κ3) is 5.02. The first-order valence-electron chi connectivity index (χ1n) is 5.52. The quantitative estimate of drug-likeness (QED) is 0.619. The minimum Gasteiger partial charge on any atom is -0.380 e. The molecule has 6 heteroatoms. The van der Waals surface area contributed by atoms with Gasteiger partial charge in [-0.3, -0.25) is 4.79 Å². The van der Waals surface area contributed by atoms with Gasteiger partial charge in [0.15, 0.2) is 0 Å². The lowest BCUT2D eigenvalue weighted by Gasteiger charge is -2.07. The highest BCUT2D eigenvalue weighted by atomic mass is 35.5. The van der Waals surface area contributed by atoms with E-state index in [0.29, 0.717) is 36.2 Å². The highest BCUT2D eigenvalue weighted by Gasteiger charge is 2.11. The van der Waals surface area contributed by atoms with Gasteiger partial charge in [-0.25, -0.2) is 0 Å². The van der Waals surface area contributed by atoms with Crippen molar-refractivity contribution in [2.24, 2.45) is 0 Å². The molecule has 3 nitrogen and oxygen atoms in total. The zero-order valence-electron chi connectivity index (χ0n) is 9.72. The molecule has 0 heterocycles. The van der Waals surface area contributed by atoms with Crippen molar-refractivity contribution in [3.8, 4) is 0 Å². The monoisotopic (exact) mass is 309 g/mol. The fourth-order valence-electron chi connectivity index (χ4n) is 1.31. The Hall–Kier alpha value is -0.480. The van der Waals surface area contributed by atoms with Crippen LogP contribution in [-0.4, -0.2) is 31.5 Å². The molecule has 0 aliphatic heterocycles. The number of carbonyl (C=O) groups is 1. The number of carbonyl (C=O) groups excluding carboxylic acids is 1. The number of hydrogen-bond acceptors (Lipinski definition) is 2. The van der Waals surface area contributed by atoms with E-state index >= 15 is 0 Å². The van der Waals surface area contributed by atoms with Gasteiger partial charge < -0.3 is 10.1 Å². The Balaban J connectivity index is 2.35. The van der Waals surface area contributed by atoms with Crippen molar-refractivity contribution >= 4 is 40.7 Å². The number of benzene rings is 1. The van der Waals surface area contributed by atoms with Crippen LogP contribution >= 0.6 is 34.8 Å². The summed E-state index contributed by atoms with van der Waals surface area (Å²) in [6.45, 7) is 1.61. The maximum Gasteiger partial charge on any atom is 0.252 e. The van der Waals surface area contributed by atoms with E-state index in [0.717, 1.165) is 6.42 Å². The van der Waals surface area contributed by atoms with Gasteiger partial charge in [0, 0.05) is 19.0 Å². The largest absolute Gasteiger partial charge is 0.380 e. The third-order valence-electron chi connectivity index (χ3n) is 2.17. The molecule has 0 radical (unpaired) electrons. The zero-order valence-corrected chi connectivity index (χ0v) is 12.0. The number of nitrogens with one attached hydrogen (secondary N) is 1. The van der Waals surface area contributed by atoms with Crippen molar-refractivity contribution in [2.75, 3.05) is 25.6 Å². The molecule has 1 N–H and O–H groups in total. The van der Waals surface area contributed by atoms with Gasteiger partial charge in [-0.1, -0.05) is 29.3 Å². The first-order valence-corrected chi connectivity index (χ1v) is 6.81. The zero-order chi connectivity index (χ0) is 13.4. The Bertz CT molecular complexity index is 399. The Kier molecular flexibility index (Phi) is 7.44. The van der Waals surface area contributed by atoms with Crippen LogP contribution in [0.1, 0.15) is 16.8 Å². The SMILES string of the molecule is O=C(NCCCOCCCl)c1cccc(Cl)c1Cl. The molecule has 1 aromatic rings. The molecular formula is C12H14Cl3NO2. The second-order valence-corrected chi connectivity index (χ2v) is 4.68. The third-order valence-corrected chi connectivity index (χ3v) is 3.14. The van der Waals surface area contributed by atoms with Crippen LogP contribution in [0.5, 0.6) is 0 Å². The molecule has 0 spiro atoms. The summed E-state index contributed by atoms with van der Waals surface area (Å²) in [4.78, 5) is 11.8. The van der Waals surface area contributed by atoms with Gasteiger partial charge in [0.1, 0.15) is 0 Å². The topological polar surface area (TPSA) is 38.3 Å². The predicted octanol–water partition coefficient (Wildman–Crippen LogP) is 3.37. The van der Waals surface area contributed by atoms with E-state index in [9.17, 15) is 4.79 Å². The van der Waals surface area contributed by atoms with E-state index in [1.54, 1.807) is 18.2 Å². The first kappa shape index (κ1) is 15.6. The highest BCUT2D eigenvalue weighted by molar-refractivity contribution is 6.43. The van der Waals surface area contributed by atoms with Crippen LogP contribution in [0.3, 0.4) is 0 Å². The van der Waals surface area contributed by atoms with E-state index in [2.05, 4.69) is 5.32 Å². The van der Waals surface area contributed by atoms with Crippen LogP contribution < -0.4 is 5.32 Å². The maximum atomic E-state index is 11.8. The van der Waals surface area contributed by atoms with E-state index in [-0.39, 0.29) is 10.9 Å². The molecule has 1 rings (SSSR count). The van der Waals surface area contributed by atoms with Crippen LogP contribution in [-0.2, 0) is 4.74 Å². The Morgan fingerprint density at radius 1 is 1.28 bits per heavy atom. The summed E-state index contributed by atoms with van der Waals surface area (Å²) in [6, 6.07) is 4.96. The van der Waals surface area contributed by atoms with Crippen molar-refractivity contribution < 1.29 is 9.53 Å². The molecule has 18 heavy (non-hydrogen) atoms. The van der Waals surface area contributed by atoms with Crippen molar-refractivity contribution in [1.29, 1.82) is 0 Å². The Labute approximate surface area is 121 Å². The highest BCUT2D eigenvalue weighted by Crippen LogP contribution is 2.25. The van der Waals surface area contributed by atoms with Gasteiger partial charge in [0.2, 0.25) is 0 Å². The van der Waals surface area contributed by atoms with Gasteiger partial charge >= 0.3 is 0 Å². The standard InChI is InChI=1S/C12H14Cl3NO2/c13-5-8-18-7-2-6-16-12(17)9-3-1-4-10(14)11(9)15/h1,3-4H,2,5-8H2,(H,16,17). The summed E-state index contributed by atoms with van der Waals surface area (Å²) in [6.07, 6.45) is 0.723. The maximum absolute atomic E-state index is 11.8. The van der Waals surface area contributed by atoms with Crippen molar-refractivity contribution in [1.82, 2.24) is 5.32 Å². The Morgan fingerprint density at radius 2 is 2.06 bits per heavy atom. The summed E-state index contributed by atoms with van der Waals surface area (Å²) in [5.41, 5.74) is 0.380. The normalized spacial score (nSPS) is 10.4. The molecular weight excluding hydrogens is 296 g/mol. The summed E-state index contributed by atoms with van der Waals surface area (Å²) in [5.74, 6) is 0.240. The van der Waals surface area contributed by atoms with Crippen molar-refractivity contribution in [2.45, 2.75) is 6.42 Å². The average Bonchev–Trinajstić information content (AvgIpc) is 2.36. The first-order chi connectivity index (χ1) is 8.66. The van der Waals surface area contributed by atoms with Crippen molar-refractivity contribution in [3.05, 3.63) is 33.8 Å². The lowest BCUT2D eigenvalue weighted by molar-refractivity contribution is 0.0944. The number of halogens is 3. The number of rotatable bonds is 7. The van der Waals surface area contributed by atoms with Crippen molar-refractivity contribution in [3.63, 3.8) is 0 Å². The van der Waals surface area contributed by atoms with Gasteiger partial charge in [0.05, 0.1) is 22.2 Å². The van der Waals surface area contributed by atoms with Crippen LogP contribution in [0.2, 0.25) is 10.0 Å². The molecule has 0 unspecified atom stereocenters. The molecule has 1 aromatic carbocycles. The fraction of sp³-hybridized carbons (Fsp3) is 0.417. The molecule has 0 saturated carbocycles. The van der Waals surface area contributed by atoms with E-state index < -0.39 is 0 Å². The summed E-state index contributed by atoms with van der Waals surface area (Å²) in [7, 11) is 0. The number of ether oxygens (including phenoxy) is 1. The molecule has 100 valence electrons. The predicted molar refractivity (Wildman–Crippen MR) is 75.0 cm³/mol. The van der Waals surface area contributed by atoms with Gasteiger partial charge in [-0.2, -0.15) is 0 Å². The van der Waals surface area contributed by atoms with Crippen LogP contribution in [0.25, 0.3) is 0 Å². The van der Waals surface area contributed by atoms with E-state index in [1.165, 1.54) is 0 Å². The molecule has 0 bridgehead atoms. The molecule has 1 amide bonds. The van der Waals surface area contributed by atoms with Gasteiger partial charge in [-0.05, 0) is 18.6 Å². The van der Waals surface area contributed by atoms with Gasteiger partial charge in [-0.15, -0.1) is 11.6 Å². The minimum absolute atomic E-state index is 0.236. The van der Waals surface area contributed by atoms with E-state index in [4.69, 9.17) is 39.5 Å². The fourth-order valence-corrected chi connectivity index (χ4v) is 1.80. The second-order valence-electron chi connectivity index (χ2n) is 3.51. The van der Waals surface area contributed by atoms with Crippen LogP contribution in [0, 0.1) is 0 Å². The lowest BCUT2D eigenvalue weighted by Crippen LogP contribution is -2.25. The molecule has 0 aliphatic carbocycles. The number of amides is 1. The number of alkyl halides is 1. The van der Waals surface area contributed by atoms with Gasteiger partial charge in [0.25, 0.3) is 5.91 Å². The minimum atomic E-state index is -0.236. The molecule has 0 fully saturated rings. The van der Waals surface area contributed by atoms with Crippen LogP contribution in [0.4, 0.5) is 0 Å². The molecule has 0 atom stereocenters. The molecule has 0 saturated heterocycles. The van der Waals surface area contributed by atoms with Crippen LogP contribution in [0.15, 0.2) is 18.2 Å². The second kappa shape index (κ2) is 8.59. The average molecular weight is 311 g/mol. The lowest BCUT2D eigenvalue weighted by atomic mass is 10.2. The summed E-state index contributed by atoms with van der Waals surface area (Å²) >= 11 is 17.2.